The highest BCUT2D eigenvalue weighted by atomic mass is 16.5. The molecule has 0 aliphatic heterocycles. The van der Waals surface area contributed by atoms with E-state index in [0.717, 1.165) is 29.4 Å². The molecule has 1 N–H and O–H groups in total. The maximum absolute atomic E-state index is 12.5. The molecule has 3 rings (SSSR count). The monoisotopic (exact) mass is 391 g/mol. The summed E-state index contributed by atoms with van der Waals surface area (Å²) in [6.07, 6.45) is 2.04. The number of Topliss-reactive ketones (excluding diaryl/α,β-unsaturated/α-hetero) is 2. The zero-order valence-corrected chi connectivity index (χ0v) is 16.8. The molecule has 0 amide bonds. The van der Waals surface area contributed by atoms with Gasteiger partial charge in [-0.3, -0.25) is 14.4 Å². The summed E-state index contributed by atoms with van der Waals surface area (Å²) in [5.74, 6) is -0.915. The number of carbonyl (C=O) groups excluding carboxylic acids is 3. The molecule has 0 spiro atoms. The van der Waals surface area contributed by atoms with Gasteiger partial charge in [-0.05, 0) is 25.0 Å². The zero-order valence-electron chi connectivity index (χ0n) is 16.8. The van der Waals surface area contributed by atoms with Gasteiger partial charge in [-0.25, -0.2) is 0 Å². The molecule has 3 aromatic rings. The maximum atomic E-state index is 12.5. The largest absolute Gasteiger partial charge is 0.457 e. The molecule has 0 radical (unpaired) electrons. The van der Waals surface area contributed by atoms with Gasteiger partial charge >= 0.3 is 5.97 Å². The summed E-state index contributed by atoms with van der Waals surface area (Å²) in [4.78, 5) is 39.9. The molecule has 150 valence electrons. The van der Waals surface area contributed by atoms with E-state index in [1.54, 1.807) is 12.1 Å². The minimum absolute atomic E-state index is 0.0459. The summed E-state index contributed by atoms with van der Waals surface area (Å²) in [6.45, 7) is 3.59. The molecule has 5 heteroatoms. The van der Waals surface area contributed by atoms with E-state index in [2.05, 4.69) is 11.9 Å². The van der Waals surface area contributed by atoms with Gasteiger partial charge in [0, 0.05) is 34.1 Å². The van der Waals surface area contributed by atoms with Crippen LogP contribution in [0.5, 0.6) is 0 Å². The lowest BCUT2D eigenvalue weighted by molar-refractivity contribution is -0.142. The summed E-state index contributed by atoms with van der Waals surface area (Å²) >= 11 is 0. The Morgan fingerprint density at radius 3 is 2.38 bits per heavy atom. The van der Waals surface area contributed by atoms with Crippen molar-refractivity contribution in [1.29, 1.82) is 0 Å². The molecule has 29 heavy (non-hydrogen) atoms. The van der Waals surface area contributed by atoms with Crippen LogP contribution in [0.4, 0.5) is 0 Å². The van der Waals surface area contributed by atoms with Crippen LogP contribution in [-0.4, -0.2) is 29.1 Å². The first kappa shape index (κ1) is 20.5. The number of nitrogens with one attached hydrogen (secondary N) is 1. The number of H-pyrrole nitrogens is 1. The second kappa shape index (κ2) is 9.32. The number of ether oxygens (including phenoxy) is 1. The van der Waals surface area contributed by atoms with E-state index >= 15 is 0 Å². The first-order valence-corrected chi connectivity index (χ1v) is 9.88. The van der Waals surface area contributed by atoms with Gasteiger partial charge < -0.3 is 9.72 Å². The second-order valence-corrected chi connectivity index (χ2v) is 7.12. The summed E-state index contributed by atoms with van der Waals surface area (Å²) in [5.41, 5.74) is 3.93. The second-order valence-electron chi connectivity index (χ2n) is 7.12. The van der Waals surface area contributed by atoms with Crippen LogP contribution in [0.1, 0.15) is 58.2 Å². The zero-order chi connectivity index (χ0) is 20.8. The van der Waals surface area contributed by atoms with Gasteiger partial charge in [0.2, 0.25) is 5.78 Å². The highest BCUT2D eigenvalue weighted by Gasteiger charge is 2.18. The van der Waals surface area contributed by atoms with Crippen molar-refractivity contribution in [2.45, 2.75) is 39.5 Å². The van der Waals surface area contributed by atoms with E-state index in [4.69, 9.17) is 4.74 Å². The van der Waals surface area contributed by atoms with Crippen LogP contribution in [0.2, 0.25) is 0 Å². The number of para-hydroxylation sites is 1. The third kappa shape index (κ3) is 4.99. The number of carbonyl (C=O) groups is 3. The Kier molecular flexibility index (Phi) is 6.60. The third-order valence-corrected chi connectivity index (χ3v) is 4.91. The van der Waals surface area contributed by atoms with E-state index in [-0.39, 0.29) is 31.0 Å². The standard InChI is InChI=1S/C24H25NO4/c1-3-6-17-9-11-18(12-10-17)21(26)13-14-23(28)29-15-22(27)24-16(2)25-20-8-5-4-7-19(20)24/h4-5,7-12,25H,3,6,13-15H2,1-2H3. The predicted octanol–water partition coefficient (Wildman–Crippen LogP) is 4.82. The van der Waals surface area contributed by atoms with Crippen molar-refractivity contribution in [3.05, 3.63) is 70.9 Å². The number of aromatic nitrogens is 1. The van der Waals surface area contributed by atoms with Crippen LogP contribution in [0.15, 0.2) is 48.5 Å². The van der Waals surface area contributed by atoms with Gasteiger partial charge in [-0.15, -0.1) is 0 Å². The Balaban J connectivity index is 1.51. The van der Waals surface area contributed by atoms with Crippen LogP contribution in [0, 0.1) is 6.92 Å². The number of hydrogen-bond donors (Lipinski definition) is 1. The molecule has 0 saturated carbocycles. The van der Waals surface area contributed by atoms with Crippen molar-refractivity contribution in [2.75, 3.05) is 6.61 Å². The molecule has 0 bridgehead atoms. The lowest BCUT2D eigenvalue weighted by Crippen LogP contribution is -2.15. The van der Waals surface area contributed by atoms with E-state index in [0.29, 0.717) is 11.1 Å². The first-order valence-electron chi connectivity index (χ1n) is 9.88. The Labute approximate surface area is 170 Å². The molecule has 0 aliphatic rings. The summed E-state index contributed by atoms with van der Waals surface area (Å²) < 4.78 is 5.11. The number of esters is 1. The number of rotatable bonds is 9. The average molecular weight is 391 g/mol. The van der Waals surface area contributed by atoms with Crippen LogP contribution >= 0.6 is 0 Å². The SMILES string of the molecule is CCCc1ccc(C(=O)CCC(=O)OCC(=O)c2c(C)[nH]c3ccccc23)cc1. The number of fused-ring (bicyclic) bond motifs is 1. The van der Waals surface area contributed by atoms with Crippen LogP contribution in [0.3, 0.4) is 0 Å². The lowest BCUT2D eigenvalue weighted by Gasteiger charge is -2.05. The van der Waals surface area contributed by atoms with Crippen molar-refractivity contribution in [2.24, 2.45) is 0 Å². The quantitative estimate of drug-likeness (QED) is 0.419. The van der Waals surface area contributed by atoms with Crippen molar-refractivity contribution in [3.63, 3.8) is 0 Å². The average Bonchev–Trinajstić information content (AvgIpc) is 3.06. The number of aryl methyl sites for hydroxylation is 2. The summed E-state index contributed by atoms with van der Waals surface area (Å²) in [6, 6.07) is 15.0. The molecule has 2 aromatic carbocycles. The molecule has 0 fully saturated rings. The lowest BCUT2D eigenvalue weighted by atomic mass is 10.0. The molecule has 0 saturated heterocycles. The molecule has 1 aromatic heterocycles. The van der Waals surface area contributed by atoms with Crippen molar-refractivity contribution in [3.8, 4) is 0 Å². The minimum atomic E-state index is -0.549. The molecule has 0 aliphatic carbocycles. The molecule has 5 nitrogen and oxygen atoms in total. The van der Waals surface area contributed by atoms with Gasteiger partial charge in [-0.2, -0.15) is 0 Å². The van der Waals surface area contributed by atoms with Crippen molar-refractivity contribution in [1.82, 2.24) is 4.98 Å². The Hall–Kier alpha value is -3.21. The molecular formula is C24H25NO4. The number of ketones is 2. The van der Waals surface area contributed by atoms with Gasteiger partial charge in [-0.1, -0.05) is 55.8 Å². The fourth-order valence-corrected chi connectivity index (χ4v) is 3.43. The van der Waals surface area contributed by atoms with Gasteiger partial charge in [0.15, 0.2) is 12.4 Å². The summed E-state index contributed by atoms with van der Waals surface area (Å²) in [7, 11) is 0. The fourth-order valence-electron chi connectivity index (χ4n) is 3.43. The first-order chi connectivity index (χ1) is 14.0. The van der Waals surface area contributed by atoms with E-state index < -0.39 is 5.97 Å². The summed E-state index contributed by atoms with van der Waals surface area (Å²) in [5, 5.41) is 0.813. The maximum Gasteiger partial charge on any atom is 0.306 e. The minimum Gasteiger partial charge on any atom is -0.457 e. The van der Waals surface area contributed by atoms with Crippen molar-refractivity contribution < 1.29 is 19.1 Å². The molecular weight excluding hydrogens is 366 g/mol. The van der Waals surface area contributed by atoms with E-state index in [1.165, 1.54) is 5.56 Å². The number of benzene rings is 2. The highest BCUT2D eigenvalue weighted by Crippen LogP contribution is 2.22. The molecule has 0 atom stereocenters. The van der Waals surface area contributed by atoms with Crippen molar-refractivity contribution >= 4 is 28.4 Å². The van der Waals surface area contributed by atoms with Crippen LogP contribution < -0.4 is 0 Å². The van der Waals surface area contributed by atoms with Gasteiger partial charge in [0.1, 0.15) is 0 Å². The van der Waals surface area contributed by atoms with Gasteiger partial charge in [0.25, 0.3) is 0 Å². The van der Waals surface area contributed by atoms with Gasteiger partial charge in [0.05, 0.1) is 6.42 Å². The van der Waals surface area contributed by atoms with E-state index in [1.807, 2.05) is 43.3 Å². The fraction of sp³-hybridized carbons (Fsp3) is 0.292. The van der Waals surface area contributed by atoms with Crippen LogP contribution in [0.25, 0.3) is 10.9 Å². The third-order valence-electron chi connectivity index (χ3n) is 4.91. The smallest absolute Gasteiger partial charge is 0.306 e. The molecule has 0 unspecified atom stereocenters. The number of hydrogen-bond acceptors (Lipinski definition) is 4. The number of aromatic amines is 1. The predicted molar refractivity (Wildman–Crippen MR) is 112 cm³/mol. The van der Waals surface area contributed by atoms with Crippen LogP contribution in [-0.2, 0) is 16.0 Å². The Morgan fingerprint density at radius 2 is 1.66 bits per heavy atom. The Bertz CT molecular complexity index is 1030. The highest BCUT2D eigenvalue weighted by molar-refractivity contribution is 6.10. The Morgan fingerprint density at radius 1 is 0.931 bits per heavy atom. The molecule has 1 heterocycles. The normalized spacial score (nSPS) is 10.8. The van der Waals surface area contributed by atoms with E-state index in [9.17, 15) is 14.4 Å². The topological polar surface area (TPSA) is 76.2 Å².